The van der Waals surface area contributed by atoms with Gasteiger partial charge in [-0.1, -0.05) is 85.6 Å². The van der Waals surface area contributed by atoms with Crippen LogP contribution in [0.5, 0.6) is 0 Å². The molecule has 38 heavy (non-hydrogen) atoms. The van der Waals surface area contributed by atoms with Gasteiger partial charge in [-0.3, -0.25) is 9.59 Å². The van der Waals surface area contributed by atoms with Crippen LogP contribution >= 0.6 is 11.6 Å². The number of likely N-dealkylation sites (N-methyl/N-ethyl adjacent to an activating group) is 1. The van der Waals surface area contributed by atoms with E-state index in [1.807, 2.05) is 67.6 Å². The highest BCUT2D eigenvalue weighted by Gasteiger charge is 2.32. The van der Waals surface area contributed by atoms with Crippen LogP contribution in [0.3, 0.4) is 0 Å². The third-order valence-corrected chi connectivity index (χ3v) is 8.25. The first-order chi connectivity index (χ1) is 18.2. The second-order valence-electron chi connectivity index (χ2n) is 9.07. The van der Waals surface area contributed by atoms with Gasteiger partial charge in [-0.15, -0.1) is 0 Å². The molecule has 0 aromatic heterocycles. The van der Waals surface area contributed by atoms with Crippen LogP contribution in [-0.4, -0.2) is 55.6 Å². The summed E-state index contributed by atoms with van der Waals surface area (Å²) >= 11 is 5.91. The SMILES string of the molecule is CCCCNC(=O)C(Cc1ccccc1)N(Cc1ccccc1)C(=O)CN(C)S(=O)(=O)c1ccc(Cl)cc1. The normalized spacial score (nSPS) is 12.2. The summed E-state index contributed by atoms with van der Waals surface area (Å²) in [6.45, 7) is 2.27. The van der Waals surface area contributed by atoms with Gasteiger partial charge in [0, 0.05) is 31.6 Å². The average Bonchev–Trinajstić information content (AvgIpc) is 2.92. The minimum atomic E-state index is -3.95. The van der Waals surface area contributed by atoms with Crippen molar-refractivity contribution in [2.75, 3.05) is 20.1 Å². The number of halogens is 1. The molecule has 0 bridgehead atoms. The first kappa shape index (κ1) is 29.4. The molecule has 1 N–H and O–H groups in total. The van der Waals surface area contributed by atoms with Crippen LogP contribution in [0, 0.1) is 0 Å². The average molecular weight is 556 g/mol. The number of unbranched alkanes of at least 4 members (excludes halogenated alkanes) is 1. The fraction of sp³-hybridized carbons (Fsp3) is 0.310. The van der Waals surface area contributed by atoms with Gasteiger partial charge in [-0.05, 0) is 41.8 Å². The van der Waals surface area contributed by atoms with E-state index in [4.69, 9.17) is 11.6 Å². The highest BCUT2D eigenvalue weighted by Crippen LogP contribution is 2.19. The topological polar surface area (TPSA) is 86.8 Å². The molecule has 1 unspecified atom stereocenters. The number of rotatable bonds is 13. The summed E-state index contributed by atoms with van der Waals surface area (Å²) in [5.41, 5.74) is 1.74. The Labute approximate surface area is 230 Å². The summed E-state index contributed by atoms with van der Waals surface area (Å²) < 4.78 is 27.3. The Morgan fingerprint density at radius 3 is 2.05 bits per heavy atom. The molecular weight excluding hydrogens is 522 g/mol. The summed E-state index contributed by atoms with van der Waals surface area (Å²) in [6, 6.07) is 23.8. The maximum atomic E-state index is 13.8. The van der Waals surface area contributed by atoms with Crippen molar-refractivity contribution < 1.29 is 18.0 Å². The predicted molar refractivity (Wildman–Crippen MR) is 150 cm³/mol. The van der Waals surface area contributed by atoms with Crippen LogP contribution in [0.4, 0.5) is 0 Å². The molecule has 7 nitrogen and oxygen atoms in total. The van der Waals surface area contributed by atoms with Crippen LogP contribution in [0.1, 0.15) is 30.9 Å². The number of hydrogen-bond donors (Lipinski definition) is 1. The molecule has 3 rings (SSSR count). The standard InChI is InChI=1S/C29H34ClN3O4S/c1-3-4-19-31-29(35)27(20-23-11-7-5-8-12-23)33(21-24-13-9-6-10-14-24)28(34)22-32(2)38(36,37)26-17-15-25(30)16-18-26/h5-18,27H,3-4,19-22H2,1-2H3,(H,31,35). The van der Waals surface area contributed by atoms with Crippen molar-refractivity contribution in [3.8, 4) is 0 Å². The van der Waals surface area contributed by atoms with Gasteiger partial charge < -0.3 is 10.2 Å². The monoisotopic (exact) mass is 555 g/mol. The van der Waals surface area contributed by atoms with Crippen LogP contribution in [-0.2, 0) is 32.6 Å². The molecule has 0 spiro atoms. The Hall–Kier alpha value is -3.20. The highest BCUT2D eigenvalue weighted by atomic mass is 35.5. The molecule has 0 fully saturated rings. The molecule has 202 valence electrons. The molecule has 9 heteroatoms. The largest absolute Gasteiger partial charge is 0.354 e. The third-order valence-electron chi connectivity index (χ3n) is 6.18. The molecule has 0 saturated heterocycles. The molecule has 0 saturated carbocycles. The summed E-state index contributed by atoms with van der Waals surface area (Å²) in [7, 11) is -2.60. The van der Waals surface area contributed by atoms with E-state index >= 15 is 0 Å². The minimum Gasteiger partial charge on any atom is -0.354 e. The summed E-state index contributed by atoms with van der Waals surface area (Å²) in [5.74, 6) is -0.741. The Morgan fingerprint density at radius 2 is 1.47 bits per heavy atom. The van der Waals surface area contributed by atoms with E-state index in [2.05, 4.69) is 5.32 Å². The molecule has 1 atom stereocenters. The zero-order chi connectivity index (χ0) is 27.5. The molecule has 2 amide bonds. The fourth-order valence-electron chi connectivity index (χ4n) is 3.99. The van der Waals surface area contributed by atoms with E-state index in [1.165, 1.54) is 36.2 Å². The van der Waals surface area contributed by atoms with Gasteiger partial charge in [0.2, 0.25) is 21.8 Å². The first-order valence-corrected chi connectivity index (χ1v) is 14.4. The maximum absolute atomic E-state index is 13.8. The second kappa shape index (κ2) is 14.1. The molecule has 0 aliphatic rings. The molecule has 3 aromatic rings. The molecule has 0 aliphatic carbocycles. The van der Waals surface area contributed by atoms with Crippen molar-refractivity contribution in [2.24, 2.45) is 0 Å². The van der Waals surface area contributed by atoms with Crippen molar-refractivity contribution >= 4 is 33.4 Å². The molecule has 0 aliphatic heterocycles. The predicted octanol–water partition coefficient (Wildman–Crippen LogP) is 4.52. The second-order valence-corrected chi connectivity index (χ2v) is 11.6. The Morgan fingerprint density at radius 1 is 0.895 bits per heavy atom. The van der Waals surface area contributed by atoms with Crippen molar-refractivity contribution in [3.63, 3.8) is 0 Å². The van der Waals surface area contributed by atoms with Gasteiger partial charge in [0.15, 0.2) is 0 Å². The van der Waals surface area contributed by atoms with Gasteiger partial charge in [0.25, 0.3) is 0 Å². The van der Waals surface area contributed by atoms with Gasteiger partial charge >= 0.3 is 0 Å². The number of nitrogens with one attached hydrogen (secondary N) is 1. The van der Waals surface area contributed by atoms with Gasteiger partial charge in [-0.25, -0.2) is 8.42 Å². The lowest BCUT2D eigenvalue weighted by Crippen LogP contribution is -2.53. The molecule has 0 radical (unpaired) electrons. The third kappa shape index (κ3) is 8.15. The van der Waals surface area contributed by atoms with Crippen LogP contribution in [0.25, 0.3) is 0 Å². The van der Waals surface area contributed by atoms with Gasteiger partial charge in [0.05, 0.1) is 11.4 Å². The van der Waals surface area contributed by atoms with Crippen molar-refractivity contribution in [2.45, 2.75) is 43.7 Å². The zero-order valence-corrected chi connectivity index (χ0v) is 23.3. The van der Waals surface area contributed by atoms with E-state index in [-0.39, 0.29) is 17.3 Å². The molecule has 0 heterocycles. The highest BCUT2D eigenvalue weighted by molar-refractivity contribution is 7.89. The van der Waals surface area contributed by atoms with Crippen molar-refractivity contribution in [3.05, 3.63) is 101 Å². The number of carbonyl (C=O) groups is 2. The Bertz CT molecular complexity index is 1290. The summed E-state index contributed by atoms with van der Waals surface area (Å²) in [5, 5.41) is 3.37. The lowest BCUT2D eigenvalue weighted by Gasteiger charge is -2.32. The number of carbonyl (C=O) groups excluding carboxylic acids is 2. The summed E-state index contributed by atoms with van der Waals surface area (Å²) in [6.07, 6.45) is 2.03. The van der Waals surface area contributed by atoms with E-state index in [1.54, 1.807) is 0 Å². The lowest BCUT2D eigenvalue weighted by molar-refractivity contribution is -0.141. The van der Waals surface area contributed by atoms with Crippen LogP contribution in [0.2, 0.25) is 5.02 Å². The summed E-state index contributed by atoms with van der Waals surface area (Å²) in [4.78, 5) is 28.7. The first-order valence-electron chi connectivity index (χ1n) is 12.6. The van der Waals surface area contributed by atoms with E-state index in [0.717, 1.165) is 28.3 Å². The Kier molecular flexibility index (Phi) is 10.9. The zero-order valence-electron chi connectivity index (χ0n) is 21.7. The van der Waals surface area contributed by atoms with E-state index < -0.39 is 28.5 Å². The quantitative estimate of drug-likeness (QED) is 0.314. The number of sulfonamides is 1. The molecular formula is C29H34ClN3O4S. The van der Waals surface area contributed by atoms with E-state index in [9.17, 15) is 18.0 Å². The Balaban J connectivity index is 1.92. The van der Waals surface area contributed by atoms with Gasteiger partial charge in [-0.2, -0.15) is 4.31 Å². The minimum absolute atomic E-state index is 0.0324. The van der Waals surface area contributed by atoms with Crippen LogP contribution in [0.15, 0.2) is 89.8 Å². The number of benzene rings is 3. The smallest absolute Gasteiger partial charge is 0.243 e. The maximum Gasteiger partial charge on any atom is 0.243 e. The lowest BCUT2D eigenvalue weighted by atomic mass is 10.0. The number of nitrogens with zero attached hydrogens (tertiary/aromatic N) is 2. The van der Waals surface area contributed by atoms with E-state index in [0.29, 0.717) is 18.0 Å². The van der Waals surface area contributed by atoms with Gasteiger partial charge in [0.1, 0.15) is 6.04 Å². The molecule has 3 aromatic carbocycles. The fourth-order valence-corrected chi connectivity index (χ4v) is 5.24. The van der Waals surface area contributed by atoms with Crippen molar-refractivity contribution in [1.82, 2.24) is 14.5 Å². The van der Waals surface area contributed by atoms with Crippen LogP contribution < -0.4 is 5.32 Å². The number of hydrogen-bond acceptors (Lipinski definition) is 4. The van der Waals surface area contributed by atoms with Crippen molar-refractivity contribution in [1.29, 1.82) is 0 Å². The number of amides is 2.